The normalized spacial score (nSPS) is 17.4. The van der Waals surface area contributed by atoms with Crippen LogP contribution in [0.4, 0.5) is 5.69 Å². The summed E-state index contributed by atoms with van der Waals surface area (Å²) >= 11 is 0. The maximum atomic E-state index is 13.3. The van der Waals surface area contributed by atoms with Gasteiger partial charge >= 0.3 is 0 Å². The molecule has 9 nitrogen and oxygen atoms in total. The van der Waals surface area contributed by atoms with E-state index in [9.17, 15) is 13.2 Å². The summed E-state index contributed by atoms with van der Waals surface area (Å²) in [5.74, 6) is 0.0218. The lowest BCUT2D eigenvalue weighted by atomic mass is 10.1. The number of carbonyl (C=O) groups is 1. The molecule has 2 aliphatic rings. The Kier molecular flexibility index (Phi) is 7.72. The number of hydrogen-bond acceptors (Lipinski definition) is 7. The summed E-state index contributed by atoms with van der Waals surface area (Å²) in [6.07, 6.45) is 0. The molecule has 0 aliphatic carbocycles. The third-order valence-corrected chi connectivity index (χ3v) is 7.98. The molecule has 0 radical (unpaired) electrons. The van der Waals surface area contributed by atoms with Crippen LogP contribution in [-0.2, 0) is 26.0 Å². The van der Waals surface area contributed by atoms with Gasteiger partial charge < -0.3 is 24.0 Å². The van der Waals surface area contributed by atoms with Crippen LogP contribution < -0.4 is 9.64 Å². The van der Waals surface area contributed by atoms with Crippen LogP contribution in [0.2, 0.25) is 0 Å². The van der Waals surface area contributed by atoms with Gasteiger partial charge in [-0.2, -0.15) is 4.31 Å². The number of methoxy groups -OCH3 is 1. The van der Waals surface area contributed by atoms with Gasteiger partial charge in [0.05, 0.1) is 44.0 Å². The first-order valence-electron chi connectivity index (χ1n) is 11.3. The molecule has 4 rings (SSSR count). The van der Waals surface area contributed by atoms with Crippen LogP contribution in [0.25, 0.3) is 0 Å². The van der Waals surface area contributed by atoms with Gasteiger partial charge in [-0.3, -0.25) is 4.79 Å². The molecule has 0 saturated carbocycles. The fourth-order valence-corrected chi connectivity index (χ4v) is 5.57. The predicted octanol–water partition coefficient (Wildman–Crippen LogP) is 1.82. The number of carbonyl (C=O) groups excluding carboxylic acids is 1. The van der Waals surface area contributed by atoms with E-state index >= 15 is 0 Å². The lowest BCUT2D eigenvalue weighted by molar-refractivity contribution is 0.0730. The van der Waals surface area contributed by atoms with Crippen molar-refractivity contribution in [1.29, 1.82) is 0 Å². The highest BCUT2D eigenvalue weighted by atomic mass is 32.2. The lowest BCUT2D eigenvalue weighted by Crippen LogP contribution is -2.40. The molecule has 2 aromatic rings. The van der Waals surface area contributed by atoms with E-state index in [1.165, 1.54) is 29.6 Å². The topological polar surface area (TPSA) is 88.6 Å². The van der Waals surface area contributed by atoms with Crippen molar-refractivity contribution in [2.45, 2.75) is 11.4 Å². The van der Waals surface area contributed by atoms with Gasteiger partial charge in [-0.25, -0.2) is 8.42 Å². The standard InChI is InChI=1S/C24H31N3O6S/c1-25(18-19-3-5-20(6-4-19)26-9-13-32-14-10-26)24(28)22-17-21(7-8-23(22)31-2)34(29,30)27-11-15-33-16-12-27/h3-8,17H,9-16,18H2,1-2H3. The van der Waals surface area contributed by atoms with Crippen LogP contribution >= 0.6 is 0 Å². The SMILES string of the molecule is COc1ccc(S(=O)(=O)N2CCOCC2)cc1C(=O)N(C)Cc1ccc(N2CCOCC2)cc1. The first-order chi connectivity index (χ1) is 16.4. The Labute approximate surface area is 200 Å². The van der Waals surface area contributed by atoms with E-state index in [4.69, 9.17) is 14.2 Å². The monoisotopic (exact) mass is 489 g/mol. The molecule has 0 bridgehead atoms. The number of benzene rings is 2. The van der Waals surface area contributed by atoms with E-state index in [-0.39, 0.29) is 29.5 Å². The highest BCUT2D eigenvalue weighted by Gasteiger charge is 2.28. The molecule has 10 heteroatoms. The Morgan fingerprint density at radius 2 is 1.59 bits per heavy atom. The summed E-state index contributed by atoms with van der Waals surface area (Å²) < 4.78 is 43.6. The van der Waals surface area contributed by atoms with Gasteiger partial charge in [0.2, 0.25) is 10.0 Å². The van der Waals surface area contributed by atoms with Gasteiger partial charge in [-0.15, -0.1) is 0 Å². The molecular weight excluding hydrogens is 458 g/mol. The number of nitrogens with zero attached hydrogens (tertiary/aromatic N) is 3. The molecule has 184 valence electrons. The van der Waals surface area contributed by atoms with E-state index < -0.39 is 10.0 Å². The molecule has 34 heavy (non-hydrogen) atoms. The number of sulfonamides is 1. The zero-order chi connectivity index (χ0) is 24.1. The highest BCUT2D eigenvalue weighted by Crippen LogP contribution is 2.27. The van der Waals surface area contributed by atoms with Crippen LogP contribution in [-0.4, -0.2) is 90.3 Å². The number of ether oxygens (including phenoxy) is 3. The summed E-state index contributed by atoms with van der Waals surface area (Å²) in [7, 11) is -0.570. The molecule has 2 aromatic carbocycles. The molecule has 0 spiro atoms. The molecule has 2 heterocycles. The fourth-order valence-electron chi connectivity index (χ4n) is 4.14. The van der Waals surface area contributed by atoms with Crippen LogP contribution in [0.1, 0.15) is 15.9 Å². The third-order valence-electron chi connectivity index (χ3n) is 6.09. The predicted molar refractivity (Wildman–Crippen MR) is 128 cm³/mol. The molecule has 1 amide bonds. The largest absolute Gasteiger partial charge is 0.496 e. The van der Waals surface area contributed by atoms with Gasteiger partial charge in [0, 0.05) is 45.5 Å². The van der Waals surface area contributed by atoms with Crippen molar-refractivity contribution in [1.82, 2.24) is 9.21 Å². The maximum Gasteiger partial charge on any atom is 0.257 e. The average Bonchev–Trinajstić information content (AvgIpc) is 2.89. The molecule has 0 atom stereocenters. The molecule has 2 fully saturated rings. The van der Waals surface area contributed by atoms with Crippen molar-refractivity contribution in [3.8, 4) is 5.75 Å². The zero-order valence-corrected chi connectivity index (χ0v) is 20.4. The number of anilines is 1. The zero-order valence-electron chi connectivity index (χ0n) is 19.6. The second-order valence-electron chi connectivity index (χ2n) is 8.31. The van der Waals surface area contributed by atoms with Crippen LogP contribution in [0, 0.1) is 0 Å². The Balaban J connectivity index is 1.50. The van der Waals surface area contributed by atoms with Gasteiger partial charge in [0.1, 0.15) is 5.75 Å². The van der Waals surface area contributed by atoms with Crippen molar-refractivity contribution in [3.63, 3.8) is 0 Å². The molecule has 0 N–H and O–H groups in total. The van der Waals surface area contributed by atoms with E-state index in [2.05, 4.69) is 17.0 Å². The Morgan fingerprint density at radius 3 is 2.21 bits per heavy atom. The molecule has 2 aliphatic heterocycles. The van der Waals surface area contributed by atoms with Crippen molar-refractivity contribution in [2.75, 3.05) is 71.7 Å². The van der Waals surface area contributed by atoms with E-state index in [1.807, 2.05) is 12.1 Å². The summed E-state index contributed by atoms with van der Waals surface area (Å²) in [5, 5.41) is 0. The van der Waals surface area contributed by atoms with Gasteiger partial charge in [-0.05, 0) is 35.9 Å². The van der Waals surface area contributed by atoms with E-state index in [1.54, 1.807) is 11.9 Å². The van der Waals surface area contributed by atoms with Crippen molar-refractivity contribution >= 4 is 21.6 Å². The van der Waals surface area contributed by atoms with Crippen molar-refractivity contribution in [3.05, 3.63) is 53.6 Å². The average molecular weight is 490 g/mol. The number of morpholine rings is 2. The van der Waals surface area contributed by atoms with Crippen molar-refractivity contribution < 1.29 is 27.4 Å². The first kappa shape index (κ1) is 24.5. The quantitative estimate of drug-likeness (QED) is 0.586. The second kappa shape index (κ2) is 10.7. The number of hydrogen-bond donors (Lipinski definition) is 0. The summed E-state index contributed by atoms with van der Waals surface area (Å²) in [4.78, 5) is 17.2. The molecule has 0 unspecified atom stereocenters. The van der Waals surface area contributed by atoms with E-state index in [0.29, 0.717) is 25.5 Å². The van der Waals surface area contributed by atoms with Gasteiger partial charge in [0.15, 0.2) is 0 Å². The minimum Gasteiger partial charge on any atom is -0.496 e. The Hall–Kier alpha value is -2.66. The van der Waals surface area contributed by atoms with Crippen LogP contribution in [0.15, 0.2) is 47.4 Å². The minimum atomic E-state index is -3.73. The minimum absolute atomic E-state index is 0.0711. The van der Waals surface area contributed by atoms with Crippen LogP contribution in [0.3, 0.4) is 0 Å². The van der Waals surface area contributed by atoms with Gasteiger partial charge in [-0.1, -0.05) is 12.1 Å². The Morgan fingerprint density at radius 1 is 0.971 bits per heavy atom. The molecule has 0 aromatic heterocycles. The van der Waals surface area contributed by atoms with Gasteiger partial charge in [0.25, 0.3) is 5.91 Å². The summed E-state index contributed by atoms with van der Waals surface area (Å²) in [5.41, 5.74) is 2.32. The fraction of sp³-hybridized carbons (Fsp3) is 0.458. The third kappa shape index (κ3) is 5.35. The van der Waals surface area contributed by atoms with Crippen molar-refractivity contribution in [2.24, 2.45) is 0 Å². The summed E-state index contributed by atoms with van der Waals surface area (Å²) in [6.45, 7) is 4.84. The van der Waals surface area contributed by atoms with Crippen LogP contribution in [0.5, 0.6) is 5.75 Å². The highest BCUT2D eigenvalue weighted by molar-refractivity contribution is 7.89. The second-order valence-corrected chi connectivity index (χ2v) is 10.2. The smallest absolute Gasteiger partial charge is 0.257 e. The lowest BCUT2D eigenvalue weighted by Gasteiger charge is -2.29. The number of rotatable bonds is 7. The Bertz CT molecular complexity index is 1090. The molecule has 2 saturated heterocycles. The molecular formula is C24H31N3O6S. The summed E-state index contributed by atoms with van der Waals surface area (Å²) in [6, 6.07) is 12.5. The maximum absolute atomic E-state index is 13.3. The van der Waals surface area contributed by atoms with E-state index in [0.717, 1.165) is 37.6 Å². The first-order valence-corrected chi connectivity index (χ1v) is 12.8. The number of amides is 1.